The van der Waals surface area contributed by atoms with Gasteiger partial charge in [-0.2, -0.15) is 13.2 Å². The van der Waals surface area contributed by atoms with Gasteiger partial charge in [0.2, 0.25) is 0 Å². The lowest BCUT2D eigenvalue weighted by Crippen LogP contribution is -2.19. The van der Waals surface area contributed by atoms with Gasteiger partial charge in [0, 0.05) is 8.95 Å². The van der Waals surface area contributed by atoms with Gasteiger partial charge in [-0.05, 0) is 36.4 Å². The number of rotatable bonds is 3. The minimum atomic E-state index is -4.64. The Morgan fingerprint density at radius 3 is 1.58 bits per heavy atom. The second-order valence-electron chi connectivity index (χ2n) is 5.30. The fourth-order valence-electron chi connectivity index (χ4n) is 2.37. The van der Waals surface area contributed by atoms with Crippen LogP contribution < -0.4 is 0 Å². The second kappa shape index (κ2) is 7.07. The molecule has 0 bridgehead atoms. The second-order valence-corrected chi connectivity index (χ2v) is 7.13. The molecule has 0 atom stereocenters. The first-order chi connectivity index (χ1) is 12.2. The Kier molecular flexibility index (Phi) is 5.16. The molecule has 0 N–H and O–H groups in total. The van der Waals surface area contributed by atoms with Crippen molar-refractivity contribution in [3.63, 3.8) is 0 Å². The van der Waals surface area contributed by atoms with Crippen LogP contribution in [-0.2, 0) is 6.54 Å². The lowest BCUT2D eigenvalue weighted by molar-refractivity contribution is -0.140. The van der Waals surface area contributed by atoms with E-state index >= 15 is 0 Å². The highest BCUT2D eigenvalue weighted by Gasteiger charge is 2.32. The molecule has 26 heavy (non-hydrogen) atoms. The zero-order valence-corrected chi connectivity index (χ0v) is 15.8. The highest BCUT2D eigenvalue weighted by Crippen LogP contribution is 2.32. The lowest BCUT2D eigenvalue weighted by atomic mass is 10.1. The van der Waals surface area contributed by atoms with Crippen LogP contribution in [-0.4, -0.2) is 20.9 Å². The Morgan fingerprint density at radius 2 is 1.23 bits per heavy atom. The predicted octanol–water partition coefficient (Wildman–Crippen LogP) is 5.98. The number of alkyl halides is 3. The summed E-state index contributed by atoms with van der Waals surface area (Å²) in [5.41, 5.74) is -0.345. The van der Waals surface area contributed by atoms with Gasteiger partial charge in [0.1, 0.15) is 18.2 Å². The number of benzene rings is 2. The monoisotopic (exact) mass is 495 g/mol. The van der Waals surface area contributed by atoms with Crippen molar-refractivity contribution in [1.29, 1.82) is 0 Å². The van der Waals surface area contributed by atoms with Gasteiger partial charge in [0.05, 0.1) is 11.1 Å². The van der Waals surface area contributed by atoms with Crippen LogP contribution in [0.1, 0.15) is 0 Å². The fourth-order valence-corrected chi connectivity index (χ4v) is 3.04. The average molecular weight is 497 g/mol. The maximum Gasteiger partial charge on any atom is 0.406 e. The molecule has 0 fully saturated rings. The molecular weight excluding hydrogens is 489 g/mol. The number of hydrogen-bond acceptors (Lipinski definition) is 2. The number of aromatic nitrogens is 3. The van der Waals surface area contributed by atoms with Crippen LogP contribution in [0.25, 0.3) is 22.8 Å². The summed E-state index contributed by atoms with van der Waals surface area (Å²) in [5, 5.41) is 7.36. The van der Waals surface area contributed by atoms with Crippen LogP contribution in [0.15, 0.2) is 45.3 Å². The number of halogens is 7. The first-order valence-electron chi connectivity index (χ1n) is 7.06. The summed E-state index contributed by atoms with van der Waals surface area (Å²) < 4.78 is 69.1. The third-order valence-corrected chi connectivity index (χ3v) is 4.42. The minimum absolute atomic E-state index is 0.172. The molecule has 0 aliphatic carbocycles. The highest BCUT2D eigenvalue weighted by atomic mass is 79.9. The molecular formula is C16H8Br2F5N3. The maximum absolute atomic E-state index is 14.2. The van der Waals surface area contributed by atoms with Gasteiger partial charge in [0.25, 0.3) is 0 Å². The van der Waals surface area contributed by atoms with Gasteiger partial charge >= 0.3 is 6.18 Å². The summed E-state index contributed by atoms with van der Waals surface area (Å²) in [5.74, 6) is -2.25. The molecule has 3 aromatic rings. The van der Waals surface area contributed by atoms with Crippen molar-refractivity contribution >= 4 is 31.9 Å². The normalized spacial score (nSPS) is 11.8. The van der Waals surface area contributed by atoms with Crippen molar-refractivity contribution < 1.29 is 22.0 Å². The van der Waals surface area contributed by atoms with Crippen molar-refractivity contribution in [2.24, 2.45) is 0 Å². The van der Waals surface area contributed by atoms with E-state index in [-0.39, 0.29) is 22.8 Å². The van der Waals surface area contributed by atoms with Gasteiger partial charge < -0.3 is 0 Å². The lowest BCUT2D eigenvalue weighted by Gasteiger charge is -2.14. The van der Waals surface area contributed by atoms with E-state index in [2.05, 4.69) is 42.1 Å². The molecule has 0 spiro atoms. The largest absolute Gasteiger partial charge is 0.406 e. The smallest absolute Gasteiger partial charge is 0.298 e. The molecule has 2 aromatic carbocycles. The van der Waals surface area contributed by atoms with Gasteiger partial charge in [0.15, 0.2) is 11.6 Å². The van der Waals surface area contributed by atoms with E-state index in [1.165, 1.54) is 24.3 Å². The molecule has 0 radical (unpaired) electrons. The van der Waals surface area contributed by atoms with E-state index in [0.717, 1.165) is 12.1 Å². The summed E-state index contributed by atoms with van der Waals surface area (Å²) in [7, 11) is 0. The SMILES string of the molecule is Fc1cc(Br)ccc1-c1nnc(-c2ccc(Br)cc2F)n1CC(F)(F)F. The van der Waals surface area contributed by atoms with Crippen molar-refractivity contribution in [2.75, 3.05) is 0 Å². The topological polar surface area (TPSA) is 30.7 Å². The van der Waals surface area contributed by atoms with Crippen molar-refractivity contribution in [3.05, 3.63) is 57.0 Å². The molecule has 3 nitrogen and oxygen atoms in total. The standard InChI is InChI=1S/C16H8Br2F5N3/c17-8-1-3-10(12(19)5-8)14-24-25-15(26(14)7-16(21,22)23)11-4-2-9(18)6-13(11)20/h1-6H,7H2. The van der Waals surface area contributed by atoms with E-state index in [1.807, 2.05) is 0 Å². The Bertz CT molecular complexity index is 900. The minimum Gasteiger partial charge on any atom is -0.298 e. The zero-order valence-electron chi connectivity index (χ0n) is 12.7. The van der Waals surface area contributed by atoms with Crippen molar-refractivity contribution in [1.82, 2.24) is 14.8 Å². The molecule has 10 heteroatoms. The van der Waals surface area contributed by atoms with E-state index in [0.29, 0.717) is 13.5 Å². The molecule has 136 valence electrons. The van der Waals surface area contributed by atoms with E-state index in [1.54, 1.807) is 0 Å². The van der Waals surface area contributed by atoms with Crippen LogP contribution in [0, 0.1) is 11.6 Å². The number of hydrogen-bond donors (Lipinski definition) is 0. The average Bonchev–Trinajstić information content (AvgIpc) is 2.89. The van der Waals surface area contributed by atoms with Gasteiger partial charge in [-0.1, -0.05) is 31.9 Å². The molecule has 0 saturated heterocycles. The molecule has 3 rings (SSSR count). The molecule has 0 saturated carbocycles. The van der Waals surface area contributed by atoms with E-state index in [4.69, 9.17) is 0 Å². The van der Waals surface area contributed by atoms with E-state index < -0.39 is 24.4 Å². The Labute approximate surface area is 161 Å². The summed E-state index contributed by atoms with van der Waals surface area (Å²) >= 11 is 6.16. The van der Waals surface area contributed by atoms with Crippen molar-refractivity contribution in [2.45, 2.75) is 12.7 Å². The Balaban J connectivity index is 2.22. The van der Waals surface area contributed by atoms with Crippen LogP contribution in [0.3, 0.4) is 0 Å². The molecule has 0 aliphatic rings. The summed E-state index contributed by atoms with van der Waals surface area (Å²) in [6.07, 6.45) is -4.64. The quantitative estimate of drug-likeness (QED) is 0.418. The predicted molar refractivity (Wildman–Crippen MR) is 92.3 cm³/mol. The van der Waals surface area contributed by atoms with Crippen LogP contribution in [0.5, 0.6) is 0 Å². The zero-order chi connectivity index (χ0) is 19.1. The molecule has 1 aromatic heterocycles. The Hall–Kier alpha value is -1.81. The molecule has 0 unspecified atom stereocenters. The van der Waals surface area contributed by atoms with Crippen molar-refractivity contribution in [3.8, 4) is 22.8 Å². The van der Waals surface area contributed by atoms with Crippen LogP contribution in [0.4, 0.5) is 22.0 Å². The summed E-state index contributed by atoms with van der Waals surface area (Å²) in [6.45, 7) is -1.49. The van der Waals surface area contributed by atoms with Gasteiger partial charge in [-0.3, -0.25) is 4.57 Å². The molecule has 0 amide bonds. The van der Waals surface area contributed by atoms with Crippen LogP contribution >= 0.6 is 31.9 Å². The third kappa shape index (κ3) is 3.96. The van der Waals surface area contributed by atoms with Gasteiger partial charge in [-0.25, -0.2) is 8.78 Å². The summed E-state index contributed by atoms with van der Waals surface area (Å²) in [6, 6.07) is 7.68. The fraction of sp³-hybridized carbons (Fsp3) is 0.125. The molecule has 1 heterocycles. The van der Waals surface area contributed by atoms with E-state index in [9.17, 15) is 22.0 Å². The first kappa shape index (κ1) is 19.0. The van der Waals surface area contributed by atoms with Crippen LogP contribution in [0.2, 0.25) is 0 Å². The molecule has 0 aliphatic heterocycles. The summed E-state index contributed by atoms with van der Waals surface area (Å²) in [4.78, 5) is 0. The first-order valence-corrected chi connectivity index (χ1v) is 8.65. The number of nitrogens with zero attached hydrogens (tertiary/aromatic N) is 3. The maximum atomic E-state index is 14.2. The third-order valence-electron chi connectivity index (χ3n) is 3.43. The highest BCUT2D eigenvalue weighted by molar-refractivity contribution is 9.10. The Morgan fingerprint density at radius 1 is 0.808 bits per heavy atom. The van der Waals surface area contributed by atoms with Gasteiger partial charge in [-0.15, -0.1) is 10.2 Å².